The zero-order chi connectivity index (χ0) is 16.3. The van der Waals surface area contributed by atoms with Gasteiger partial charge in [-0.25, -0.2) is 0 Å². The predicted molar refractivity (Wildman–Crippen MR) is 83.1 cm³/mol. The molecule has 1 aromatic carbocycles. The van der Waals surface area contributed by atoms with Crippen LogP contribution >= 0.6 is 11.6 Å². The molecule has 1 aliphatic rings. The van der Waals surface area contributed by atoms with E-state index in [1.807, 2.05) is 0 Å². The molecule has 0 bridgehead atoms. The molecule has 0 aromatic heterocycles. The molecule has 1 fully saturated rings. The number of rotatable bonds is 4. The van der Waals surface area contributed by atoms with Crippen molar-refractivity contribution < 1.29 is 13.2 Å². The summed E-state index contributed by atoms with van der Waals surface area (Å²) in [5.41, 5.74) is -0.150. The minimum absolute atomic E-state index is 0.0816. The minimum atomic E-state index is -4.42. The van der Waals surface area contributed by atoms with Gasteiger partial charge in [0.1, 0.15) is 0 Å². The second-order valence-corrected chi connectivity index (χ2v) is 6.20. The number of nitrogens with zero attached hydrogens (tertiary/aromatic N) is 1. The van der Waals surface area contributed by atoms with E-state index in [0.29, 0.717) is 5.56 Å². The normalized spacial score (nSPS) is 19.9. The first-order valence-electron chi connectivity index (χ1n) is 7.66. The first-order valence-corrected chi connectivity index (χ1v) is 8.04. The number of alkyl halides is 3. The van der Waals surface area contributed by atoms with E-state index in [2.05, 4.69) is 24.1 Å². The molecule has 0 spiro atoms. The monoisotopic (exact) mass is 334 g/mol. The first kappa shape index (κ1) is 17.6. The van der Waals surface area contributed by atoms with Crippen molar-refractivity contribution in [2.45, 2.75) is 32.5 Å². The highest BCUT2D eigenvalue weighted by atomic mass is 35.5. The van der Waals surface area contributed by atoms with E-state index < -0.39 is 11.7 Å². The van der Waals surface area contributed by atoms with Crippen molar-refractivity contribution in [2.75, 3.05) is 26.2 Å². The van der Waals surface area contributed by atoms with Gasteiger partial charge in [0.25, 0.3) is 0 Å². The van der Waals surface area contributed by atoms with Crippen LogP contribution < -0.4 is 5.32 Å². The minimum Gasteiger partial charge on any atom is -0.314 e. The van der Waals surface area contributed by atoms with Gasteiger partial charge in [-0.3, -0.25) is 4.90 Å². The Morgan fingerprint density at radius 1 is 1.27 bits per heavy atom. The fourth-order valence-electron chi connectivity index (χ4n) is 3.04. The van der Waals surface area contributed by atoms with Gasteiger partial charge in [0, 0.05) is 32.2 Å². The highest BCUT2D eigenvalue weighted by molar-refractivity contribution is 6.32. The van der Waals surface area contributed by atoms with Gasteiger partial charge in [-0.2, -0.15) is 13.2 Å². The molecule has 22 heavy (non-hydrogen) atoms. The van der Waals surface area contributed by atoms with E-state index in [9.17, 15) is 13.2 Å². The fourth-order valence-corrected chi connectivity index (χ4v) is 3.39. The van der Waals surface area contributed by atoms with Crippen LogP contribution in [0.3, 0.4) is 0 Å². The zero-order valence-corrected chi connectivity index (χ0v) is 13.6. The molecule has 6 heteroatoms. The summed E-state index contributed by atoms with van der Waals surface area (Å²) in [6.07, 6.45) is -3.53. The van der Waals surface area contributed by atoms with E-state index in [1.54, 1.807) is 6.07 Å². The highest BCUT2D eigenvalue weighted by Crippen LogP contribution is 2.41. The molecule has 1 aromatic rings. The summed E-state index contributed by atoms with van der Waals surface area (Å²) < 4.78 is 39.3. The molecule has 1 unspecified atom stereocenters. The molecule has 1 aliphatic heterocycles. The summed E-state index contributed by atoms with van der Waals surface area (Å²) in [6, 6.07) is 4.16. The Hall–Kier alpha value is -0.780. The molecular weight excluding hydrogens is 313 g/mol. The summed E-state index contributed by atoms with van der Waals surface area (Å²) in [6.45, 7) is 7.47. The van der Waals surface area contributed by atoms with Gasteiger partial charge < -0.3 is 5.32 Å². The number of nitrogens with one attached hydrogen (secondary N) is 1. The molecule has 0 radical (unpaired) electrons. The van der Waals surface area contributed by atoms with Crippen molar-refractivity contribution in [3.8, 4) is 0 Å². The summed E-state index contributed by atoms with van der Waals surface area (Å²) in [5.74, 6) is 0.235. The molecule has 0 saturated carbocycles. The van der Waals surface area contributed by atoms with Gasteiger partial charge in [0.15, 0.2) is 0 Å². The van der Waals surface area contributed by atoms with E-state index in [0.717, 1.165) is 38.7 Å². The Balaban J connectivity index is 2.43. The van der Waals surface area contributed by atoms with Crippen molar-refractivity contribution in [1.29, 1.82) is 0 Å². The van der Waals surface area contributed by atoms with Gasteiger partial charge >= 0.3 is 6.18 Å². The van der Waals surface area contributed by atoms with Crippen LogP contribution in [0.4, 0.5) is 13.2 Å². The first-order chi connectivity index (χ1) is 10.4. The Morgan fingerprint density at radius 2 is 1.91 bits per heavy atom. The third kappa shape index (κ3) is 3.76. The van der Waals surface area contributed by atoms with E-state index in [-0.39, 0.29) is 17.0 Å². The van der Waals surface area contributed by atoms with Gasteiger partial charge in [0.05, 0.1) is 10.6 Å². The summed E-state index contributed by atoms with van der Waals surface area (Å²) in [4.78, 5) is 2.24. The number of hydrogen-bond acceptors (Lipinski definition) is 2. The molecule has 1 saturated heterocycles. The SMILES string of the molecule is CCC(C)[C@@H](c1cccc(C(F)(F)F)c1Cl)N1CCNCC1. The topological polar surface area (TPSA) is 15.3 Å². The smallest absolute Gasteiger partial charge is 0.314 e. The molecule has 1 N–H and O–H groups in total. The Labute approximate surface area is 134 Å². The van der Waals surface area contributed by atoms with E-state index >= 15 is 0 Å². The Morgan fingerprint density at radius 3 is 2.45 bits per heavy atom. The van der Waals surface area contributed by atoms with Crippen molar-refractivity contribution in [2.24, 2.45) is 5.92 Å². The van der Waals surface area contributed by atoms with Crippen LogP contribution in [0.15, 0.2) is 18.2 Å². The van der Waals surface area contributed by atoms with E-state index in [1.165, 1.54) is 6.07 Å². The van der Waals surface area contributed by atoms with Crippen LogP contribution in [0.1, 0.15) is 37.4 Å². The molecule has 0 amide bonds. The Kier molecular flexibility index (Phi) is 5.75. The average molecular weight is 335 g/mol. The standard InChI is InChI=1S/C16H22ClF3N2/c1-3-11(2)15(22-9-7-21-8-10-22)12-5-4-6-13(14(12)17)16(18,19)20/h4-6,11,15,21H,3,7-10H2,1-2H3/t11?,15-/m0/s1. The second kappa shape index (κ2) is 7.20. The van der Waals surface area contributed by atoms with Crippen molar-refractivity contribution in [3.63, 3.8) is 0 Å². The molecular formula is C16H22ClF3N2. The molecule has 2 atom stereocenters. The number of halogens is 4. The lowest BCUT2D eigenvalue weighted by Crippen LogP contribution is -2.46. The molecule has 2 nitrogen and oxygen atoms in total. The molecule has 1 heterocycles. The van der Waals surface area contributed by atoms with Crippen molar-refractivity contribution >= 4 is 11.6 Å². The fraction of sp³-hybridized carbons (Fsp3) is 0.625. The van der Waals surface area contributed by atoms with Gasteiger partial charge in [0.2, 0.25) is 0 Å². The zero-order valence-electron chi connectivity index (χ0n) is 12.9. The average Bonchev–Trinajstić information content (AvgIpc) is 2.49. The van der Waals surface area contributed by atoms with E-state index in [4.69, 9.17) is 11.6 Å². The molecule has 2 rings (SSSR count). The Bertz CT molecular complexity index is 499. The van der Waals surface area contributed by atoms with Crippen LogP contribution in [-0.2, 0) is 6.18 Å². The van der Waals surface area contributed by atoms with Crippen LogP contribution in [-0.4, -0.2) is 31.1 Å². The van der Waals surface area contributed by atoms with Crippen LogP contribution in [0.5, 0.6) is 0 Å². The number of piperazine rings is 1. The van der Waals surface area contributed by atoms with Gasteiger partial charge in [-0.05, 0) is 17.5 Å². The van der Waals surface area contributed by atoms with Crippen LogP contribution in [0.25, 0.3) is 0 Å². The quantitative estimate of drug-likeness (QED) is 0.880. The maximum absolute atomic E-state index is 13.1. The lowest BCUT2D eigenvalue weighted by atomic mass is 9.89. The van der Waals surface area contributed by atoms with Crippen molar-refractivity contribution in [1.82, 2.24) is 10.2 Å². The highest BCUT2D eigenvalue weighted by Gasteiger charge is 2.36. The van der Waals surface area contributed by atoms with Gasteiger partial charge in [-0.1, -0.05) is 44.0 Å². The van der Waals surface area contributed by atoms with Crippen LogP contribution in [0, 0.1) is 5.92 Å². The number of hydrogen-bond donors (Lipinski definition) is 1. The largest absolute Gasteiger partial charge is 0.417 e. The predicted octanol–water partition coefficient (Wildman–Crippen LogP) is 4.35. The lowest BCUT2D eigenvalue weighted by Gasteiger charge is -2.39. The molecule has 0 aliphatic carbocycles. The van der Waals surface area contributed by atoms with Gasteiger partial charge in [-0.15, -0.1) is 0 Å². The summed E-state index contributed by atoms with van der Waals surface area (Å²) in [7, 11) is 0. The van der Waals surface area contributed by atoms with Crippen molar-refractivity contribution in [3.05, 3.63) is 34.3 Å². The summed E-state index contributed by atoms with van der Waals surface area (Å²) in [5, 5.41) is 3.12. The third-order valence-electron chi connectivity index (χ3n) is 4.38. The lowest BCUT2D eigenvalue weighted by molar-refractivity contribution is -0.137. The maximum Gasteiger partial charge on any atom is 0.417 e. The van der Waals surface area contributed by atoms with Crippen LogP contribution in [0.2, 0.25) is 5.02 Å². The summed E-state index contributed by atoms with van der Waals surface area (Å²) >= 11 is 6.15. The number of benzene rings is 1. The maximum atomic E-state index is 13.1. The second-order valence-electron chi connectivity index (χ2n) is 5.82. The molecule has 124 valence electrons. The third-order valence-corrected chi connectivity index (χ3v) is 4.80.